The fourth-order valence-electron chi connectivity index (χ4n) is 4.26. The number of carbonyl (C=O) groups excluding carboxylic acids is 1. The van der Waals surface area contributed by atoms with Crippen LogP contribution in [-0.4, -0.2) is 36.5 Å². The second-order valence-electron chi connectivity index (χ2n) is 9.68. The lowest BCUT2D eigenvalue weighted by Crippen LogP contribution is -2.25. The van der Waals surface area contributed by atoms with Crippen LogP contribution in [0.1, 0.15) is 39.9 Å². The molecule has 1 amide bonds. The zero-order chi connectivity index (χ0) is 27.7. The van der Waals surface area contributed by atoms with E-state index >= 15 is 0 Å². The Hall–Kier alpha value is -4.80. The van der Waals surface area contributed by atoms with Crippen LogP contribution >= 0.6 is 0 Å². The SMILES string of the molecule is O=C(NC1CC1)c1ccc(-c2nc(NCc3cccnc3)c3ncn(Cc4ccc(C(F)(F)F)cc4)c3n2)cc1. The third kappa shape index (κ3) is 5.63. The first-order chi connectivity index (χ1) is 19.3. The number of rotatable bonds is 8. The molecule has 6 rings (SSSR count). The first-order valence-electron chi connectivity index (χ1n) is 12.8. The van der Waals surface area contributed by atoms with E-state index in [1.54, 1.807) is 47.6 Å². The summed E-state index contributed by atoms with van der Waals surface area (Å²) in [5, 5.41) is 6.29. The maximum absolute atomic E-state index is 13.0. The highest BCUT2D eigenvalue weighted by atomic mass is 19.4. The van der Waals surface area contributed by atoms with E-state index < -0.39 is 11.7 Å². The largest absolute Gasteiger partial charge is 0.416 e. The van der Waals surface area contributed by atoms with Crippen molar-refractivity contribution < 1.29 is 18.0 Å². The molecule has 8 nitrogen and oxygen atoms in total. The van der Waals surface area contributed by atoms with Crippen LogP contribution in [0, 0.1) is 0 Å². The van der Waals surface area contributed by atoms with Crippen molar-refractivity contribution in [3.05, 3.63) is 102 Å². The molecule has 0 atom stereocenters. The van der Waals surface area contributed by atoms with Gasteiger partial charge in [-0.2, -0.15) is 13.2 Å². The molecule has 0 radical (unpaired) electrons. The van der Waals surface area contributed by atoms with Crippen molar-refractivity contribution in [1.29, 1.82) is 0 Å². The minimum absolute atomic E-state index is 0.112. The van der Waals surface area contributed by atoms with E-state index in [4.69, 9.17) is 9.97 Å². The lowest BCUT2D eigenvalue weighted by atomic mass is 10.1. The first kappa shape index (κ1) is 25.5. The summed E-state index contributed by atoms with van der Waals surface area (Å²) in [4.78, 5) is 30.6. The number of alkyl halides is 3. The maximum atomic E-state index is 13.0. The minimum Gasteiger partial charge on any atom is -0.364 e. The second kappa shape index (κ2) is 10.4. The Balaban J connectivity index is 1.33. The van der Waals surface area contributed by atoms with Gasteiger partial charge >= 0.3 is 6.18 Å². The molecule has 2 aromatic carbocycles. The monoisotopic (exact) mass is 543 g/mol. The van der Waals surface area contributed by atoms with Crippen molar-refractivity contribution in [2.24, 2.45) is 0 Å². The Morgan fingerprint density at radius 3 is 2.42 bits per heavy atom. The van der Waals surface area contributed by atoms with Crippen molar-refractivity contribution >= 4 is 22.9 Å². The van der Waals surface area contributed by atoms with E-state index in [1.807, 2.05) is 12.1 Å². The van der Waals surface area contributed by atoms with E-state index in [0.717, 1.165) is 30.5 Å². The van der Waals surface area contributed by atoms with E-state index in [9.17, 15) is 18.0 Å². The molecule has 1 aliphatic rings. The summed E-state index contributed by atoms with van der Waals surface area (Å²) in [6.07, 6.45) is 2.66. The zero-order valence-corrected chi connectivity index (χ0v) is 21.2. The van der Waals surface area contributed by atoms with Gasteiger partial charge in [-0.1, -0.05) is 30.3 Å². The molecule has 1 aliphatic carbocycles. The summed E-state index contributed by atoms with van der Waals surface area (Å²) in [5.41, 5.74) is 3.23. The summed E-state index contributed by atoms with van der Waals surface area (Å²) in [6, 6.07) is 16.1. The molecule has 0 aliphatic heterocycles. The van der Waals surface area contributed by atoms with Crippen molar-refractivity contribution in [2.75, 3.05) is 5.32 Å². The smallest absolute Gasteiger partial charge is 0.364 e. The highest BCUT2D eigenvalue weighted by Gasteiger charge is 2.30. The molecule has 0 unspecified atom stereocenters. The van der Waals surface area contributed by atoms with Gasteiger partial charge in [-0.05, 0) is 54.3 Å². The Kier molecular flexibility index (Phi) is 6.63. The van der Waals surface area contributed by atoms with Crippen LogP contribution in [0.2, 0.25) is 0 Å². The summed E-state index contributed by atoms with van der Waals surface area (Å²) >= 11 is 0. The molecule has 3 aromatic heterocycles. The number of fused-ring (bicyclic) bond motifs is 1. The highest BCUT2D eigenvalue weighted by Crippen LogP contribution is 2.30. The second-order valence-corrected chi connectivity index (χ2v) is 9.68. The van der Waals surface area contributed by atoms with Crippen LogP contribution in [0.15, 0.2) is 79.4 Å². The average Bonchev–Trinajstić information content (AvgIpc) is 3.69. The molecule has 0 bridgehead atoms. The number of amides is 1. The zero-order valence-electron chi connectivity index (χ0n) is 21.2. The summed E-state index contributed by atoms with van der Waals surface area (Å²) in [7, 11) is 0. The summed E-state index contributed by atoms with van der Waals surface area (Å²) in [5.74, 6) is 0.814. The van der Waals surface area contributed by atoms with E-state index in [0.29, 0.717) is 46.0 Å². The van der Waals surface area contributed by atoms with Crippen molar-refractivity contribution in [1.82, 2.24) is 29.8 Å². The number of benzene rings is 2. The molecule has 0 saturated heterocycles. The van der Waals surface area contributed by atoms with Crippen molar-refractivity contribution in [3.63, 3.8) is 0 Å². The van der Waals surface area contributed by atoms with Crippen LogP contribution in [0.4, 0.5) is 19.0 Å². The van der Waals surface area contributed by atoms with Gasteiger partial charge in [0.1, 0.15) is 5.52 Å². The van der Waals surface area contributed by atoms with Gasteiger partial charge in [0.15, 0.2) is 17.3 Å². The van der Waals surface area contributed by atoms with Crippen LogP contribution < -0.4 is 10.6 Å². The molecule has 1 fully saturated rings. The van der Waals surface area contributed by atoms with Crippen molar-refractivity contribution in [2.45, 2.75) is 38.1 Å². The van der Waals surface area contributed by atoms with Crippen LogP contribution in [0.25, 0.3) is 22.6 Å². The maximum Gasteiger partial charge on any atom is 0.416 e. The number of nitrogens with one attached hydrogen (secondary N) is 2. The van der Waals surface area contributed by atoms with Gasteiger partial charge in [0, 0.05) is 36.1 Å². The first-order valence-corrected chi connectivity index (χ1v) is 12.8. The van der Waals surface area contributed by atoms with Crippen LogP contribution in [0.5, 0.6) is 0 Å². The van der Waals surface area contributed by atoms with Crippen molar-refractivity contribution in [3.8, 4) is 11.4 Å². The standard InChI is InChI=1S/C29H24F3N7O/c30-29(31,32)22-9-3-18(4-10-22)16-39-17-35-24-26(34-15-19-2-1-13-33-14-19)37-25(38-27(24)39)20-5-7-21(8-6-20)28(40)36-23-11-12-23/h1-10,13-14,17,23H,11-12,15-16H2,(H,36,40)(H,34,37,38). The number of halogens is 3. The number of hydrogen-bond donors (Lipinski definition) is 2. The Bertz CT molecular complexity index is 1650. The minimum atomic E-state index is -4.40. The Morgan fingerprint density at radius 2 is 1.75 bits per heavy atom. The van der Waals surface area contributed by atoms with Gasteiger partial charge in [0.25, 0.3) is 5.91 Å². The van der Waals surface area contributed by atoms with Crippen LogP contribution in [-0.2, 0) is 19.3 Å². The highest BCUT2D eigenvalue weighted by molar-refractivity contribution is 5.95. The van der Waals surface area contributed by atoms with E-state index in [-0.39, 0.29) is 18.5 Å². The lowest BCUT2D eigenvalue weighted by molar-refractivity contribution is -0.137. The van der Waals surface area contributed by atoms with Gasteiger partial charge in [-0.15, -0.1) is 0 Å². The molecule has 1 saturated carbocycles. The molecule has 11 heteroatoms. The van der Waals surface area contributed by atoms with Gasteiger partial charge in [-0.3, -0.25) is 9.78 Å². The lowest BCUT2D eigenvalue weighted by Gasteiger charge is -2.11. The van der Waals surface area contributed by atoms with Gasteiger partial charge in [0.2, 0.25) is 0 Å². The summed E-state index contributed by atoms with van der Waals surface area (Å²) < 4.78 is 40.8. The molecule has 2 N–H and O–H groups in total. The molecule has 0 spiro atoms. The fourth-order valence-corrected chi connectivity index (χ4v) is 4.26. The third-order valence-electron chi connectivity index (χ3n) is 6.60. The Morgan fingerprint density at radius 1 is 0.975 bits per heavy atom. The fraction of sp³-hybridized carbons (Fsp3) is 0.207. The molecular weight excluding hydrogens is 519 g/mol. The third-order valence-corrected chi connectivity index (χ3v) is 6.60. The number of hydrogen-bond acceptors (Lipinski definition) is 6. The average molecular weight is 544 g/mol. The quantitative estimate of drug-likeness (QED) is 0.270. The van der Waals surface area contributed by atoms with E-state index in [1.165, 1.54) is 12.1 Å². The molecule has 5 aromatic rings. The van der Waals surface area contributed by atoms with E-state index in [2.05, 4.69) is 20.6 Å². The topological polar surface area (TPSA) is 97.6 Å². The number of carbonyl (C=O) groups is 1. The van der Waals surface area contributed by atoms with Gasteiger partial charge in [0.05, 0.1) is 18.4 Å². The van der Waals surface area contributed by atoms with Crippen LogP contribution in [0.3, 0.4) is 0 Å². The molecule has 40 heavy (non-hydrogen) atoms. The molecule has 3 heterocycles. The number of anilines is 1. The van der Waals surface area contributed by atoms with Gasteiger partial charge in [-0.25, -0.2) is 15.0 Å². The Labute approximate surface area is 227 Å². The molecule has 202 valence electrons. The predicted molar refractivity (Wildman–Crippen MR) is 143 cm³/mol. The number of imidazole rings is 1. The number of aromatic nitrogens is 5. The summed E-state index contributed by atoms with van der Waals surface area (Å²) in [6.45, 7) is 0.721. The normalized spacial score (nSPS) is 13.4. The number of pyridine rings is 1. The number of nitrogens with zero attached hydrogens (tertiary/aromatic N) is 5. The van der Waals surface area contributed by atoms with Gasteiger partial charge < -0.3 is 15.2 Å². The predicted octanol–water partition coefficient (Wildman–Crippen LogP) is 5.46. The molecular formula is C29H24F3N7O.